The number of halogens is 1. The van der Waals surface area contributed by atoms with Gasteiger partial charge >= 0.3 is 0 Å². The first-order valence-electron chi connectivity index (χ1n) is 12.3. The molecule has 0 aliphatic heterocycles. The van der Waals surface area contributed by atoms with Crippen molar-refractivity contribution >= 4 is 44.8 Å². The van der Waals surface area contributed by atoms with Gasteiger partial charge in [0.2, 0.25) is 11.9 Å². The number of amides is 1. The molecule has 0 unspecified atom stereocenters. The van der Waals surface area contributed by atoms with Gasteiger partial charge < -0.3 is 20.5 Å². The number of hydrogen-bond donors (Lipinski definition) is 3. The molecule has 0 radical (unpaired) electrons. The molecular weight excluding hydrogens is 494 g/mol. The maximum Gasteiger partial charge on any atom is 0.227 e. The lowest BCUT2D eigenvalue weighted by Crippen LogP contribution is -2.40. The van der Waals surface area contributed by atoms with Gasteiger partial charge in [-0.2, -0.15) is 9.97 Å². The number of nitrogens with zero attached hydrogens (tertiary/aromatic N) is 4. The summed E-state index contributed by atoms with van der Waals surface area (Å²) >= 11 is 3.49. The Hall–Kier alpha value is -2.68. The predicted octanol–water partition coefficient (Wildman–Crippen LogP) is 5.03. The summed E-state index contributed by atoms with van der Waals surface area (Å²) < 4.78 is 3.14. The van der Waals surface area contributed by atoms with E-state index < -0.39 is 0 Å². The van der Waals surface area contributed by atoms with Gasteiger partial charge in [-0.05, 0) is 70.1 Å². The van der Waals surface area contributed by atoms with E-state index in [0.29, 0.717) is 24.6 Å². The molecule has 0 bridgehead atoms. The highest BCUT2D eigenvalue weighted by molar-refractivity contribution is 9.10. The molecule has 0 saturated heterocycles. The Morgan fingerprint density at radius 2 is 1.76 bits per heavy atom. The second-order valence-corrected chi connectivity index (χ2v) is 10.7. The molecule has 2 aromatic heterocycles. The van der Waals surface area contributed by atoms with Crippen molar-refractivity contribution in [3.8, 4) is 0 Å². The smallest absolute Gasteiger partial charge is 0.227 e. The molecule has 0 atom stereocenters. The van der Waals surface area contributed by atoms with Crippen molar-refractivity contribution in [2.45, 2.75) is 77.0 Å². The molecule has 9 heteroatoms. The quantitative estimate of drug-likeness (QED) is 0.381. The van der Waals surface area contributed by atoms with Crippen molar-refractivity contribution in [2.75, 3.05) is 10.6 Å². The fourth-order valence-corrected chi connectivity index (χ4v) is 4.76. The van der Waals surface area contributed by atoms with Gasteiger partial charge in [0, 0.05) is 35.1 Å². The molecule has 8 nitrogen and oxygen atoms in total. The highest BCUT2D eigenvalue weighted by Gasteiger charge is 2.32. The van der Waals surface area contributed by atoms with Crippen LogP contribution in [0.1, 0.15) is 64.0 Å². The maximum absolute atomic E-state index is 12.1. The third kappa shape index (κ3) is 5.35. The van der Waals surface area contributed by atoms with Gasteiger partial charge in [-0.15, -0.1) is 0 Å². The van der Waals surface area contributed by atoms with E-state index in [1.165, 1.54) is 5.56 Å². The third-order valence-electron chi connectivity index (χ3n) is 6.71. The van der Waals surface area contributed by atoms with Crippen molar-refractivity contribution in [3.63, 3.8) is 0 Å². The van der Waals surface area contributed by atoms with E-state index in [4.69, 9.17) is 9.97 Å². The summed E-state index contributed by atoms with van der Waals surface area (Å²) in [7, 11) is 0. The Morgan fingerprint density at radius 1 is 1.06 bits per heavy atom. The Morgan fingerprint density at radius 3 is 2.44 bits per heavy atom. The molecular formula is C25H32BrN7O. The first-order chi connectivity index (χ1) is 16.5. The summed E-state index contributed by atoms with van der Waals surface area (Å²) in [6.45, 7) is 4.91. The highest BCUT2D eigenvalue weighted by Crippen LogP contribution is 2.30. The number of nitrogens with one attached hydrogen (secondary N) is 3. The van der Waals surface area contributed by atoms with Crippen LogP contribution in [-0.2, 0) is 11.3 Å². The lowest BCUT2D eigenvalue weighted by atomic mass is 9.91. The molecule has 2 aliphatic carbocycles. The third-order valence-corrected chi connectivity index (χ3v) is 7.23. The minimum absolute atomic E-state index is 0.244. The van der Waals surface area contributed by atoms with E-state index in [2.05, 4.69) is 67.4 Å². The van der Waals surface area contributed by atoms with Crippen LogP contribution in [0.2, 0.25) is 0 Å². The lowest BCUT2D eigenvalue weighted by molar-refractivity contribution is -0.123. The highest BCUT2D eigenvalue weighted by atomic mass is 79.9. The van der Waals surface area contributed by atoms with E-state index in [-0.39, 0.29) is 17.9 Å². The summed E-state index contributed by atoms with van der Waals surface area (Å²) in [5.74, 6) is 1.87. The fraction of sp³-hybridized carbons (Fsp3) is 0.520. The van der Waals surface area contributed by atoms with Crippen molar-refractivity contribution in [2.24, 2.45) is 5.92 Å². The van der Waals surface area contributed by atoms with Gasteiger partial charge in [0.05, 0.1) is 6.33 Å². The van der Waals surface area contributed by atoms with Gasteiger partial charge in [0.15, 0.2) is 17.0 Å². The van der Waals surface area contributed by atoms with Gasteiger partial charge in [-0.1, -0.05) is 28.1 Å². The minimum Gasteiger partial charge on any atom is -0.364 e. The van der Waals surface area contributed by atoms with E-state index in [9.17, 15) is 4.79 Å². The standard InChI is InChI=1S/C25H32BrN7O/c1-15(2)33-14-28-21-22(27-13-16-3-7-18(26)8-4-16)31-25(32-23(21)33)30-20-11-9-19(10-12-20)29-24(34)17-5-6-17/h3-4,7-8,14-15,17,19-20H,5-6,9-13H2,1-2H3,(H,29,34)(H2,27,30,31,32). The zero-order valence-electron chi connectivity index (χ0n) is 19.7. The first-order valence-corrected chi connectivity index (χ1v) is 13.1. The maximum atomic E-state index is 12.1. The number of hydrogen-bond acceptors (Lipinski definition) is 6. The lowest BCUT2D eigenvalue weighted by Gasteiger charge is -2.29. The molecule has 2 heterocycles. The number of carbonyl (C=O) groups excluding carboxylic acids is 1. The molecule has 3 N–H and O–H groups in total. The number of rotatable bonds is 8. The fourth-order valence-electron chi connectivity index (χ4n) is 4.50. The van der Waals surface area contributed by atoms with Crippen LogP contribution in [0, 0.1) is 5.92 Å². The number of aromatic nitrogens is 4. The van der Waals surface area contributed by atoms with Crippen LogP contribution in [0.5, 0.6) is 0 Å². The van der Waals surface area contributed by atoms with Gasteiger partial charge in [0.25, 0.3) is 0 Å². The molecule has 180 valence electrons. The van der Waals surface area contributed by atoms with Crippen LogP contribution >= 0.6 is 15.9 Å². The predicted molar refractivity (Wildman–Crippen MR) is 138 cm³/mol. The molecule has 5 rings (SSSR count). The molecule has 1 amide bonds. The molecule has 3 aromatic rings. The van der Waals surface area contributed by atoms with Crippen LogP contribution < -0.4 is 16.0 Å². The normalized spacial score (nSPS) is 20.5. The van der Waals surface area contributed by atoms with E-state index in [0.717, 1.165) is 60.0 Å². The number of anilines is 2. The molecule has 2 saturated carbocycles. The molecule has 0 spiro atoms. The van der Waals surface area contributed by atoms with Crippen LogP contribution in [0.15, 0.2) is 35.1 Å². The Labute approximate surface area is 208 Å². The van der Waals surface area contributed by atoms with Crippen LogP contribution in [0.4, 0.5) is 11.8 Å². The van der Waals surface area contributed by atoms with E-state index in [1.807, 2.05) is 18.5 Å². The second kappa shape index (κ2) is 9.90. The molecule has 34 heavy (non-hydrogen) atoms. The van der Waals surface area contributed by atoms with Crippen LogP contribution in [-0.4, -0.2) is 37.5 Å². The topological polar surface area (TPSA) is 96.8 Å². The molecule has 2 aliphatic rings. The summed E-state index contributed by atoms with van der Waals surface area (Å²) in [5, 5.41) is 10.3. The van der Waals surface area contributed by atoms with Crippen LogP contribution in [0.25, 0.3) is 11.2 Å². The Kier molecular flexibility index (Phi) is 6.72. The zero-order valence-corrected chi connectivity index (χ0v) is 21.3. The SMILES string of the molecule is CC(C)n1cnc2c(NCc3ccc(Br)cc3)nc(NC3CCC(NC(=O)C4CC4)CC3)nc21. The average molecular weight is 526 g/mol. The van der Waals surface area contributed by atoms with Gasteiger partial charge in [0.1, 0.15) is 0 Å². The second-order valence-electron chi connectivity index (χ2n) is 9.77. The van der Waals surface area contributed by atoms with Crippen LogP contribution in [0.3, 0.4) is 0 Å². The summed E-state index contributed by atoms with van der Waals surface area (Å²) in [6, 6.07) is 9.08. The largest absolute Gasteiger partial charge is 0.364 e. The molecule has 1 aromatic carbocycles. The monoisotopic (exact) mass is 525 g/mol. The van der Waals surface area contributed by atoms with Crippen molar-refractivity contribution in [1.29, 1.82) is 0 Å². The van der Waals surface area contributed by atoms with Crippen molar-refractivity contribution in [3.05, 3.63) is 40.6 Å². The summed E-state index contributed by atoms with van der Waals surface area (Å²) in [5.41, 5.74) is 2.78. The number of benzene rings is 1. The number of carbonyl (C=O) groups is 1. The number of imidazole rings is 1. The Balaban J connectivity index is 1.29. The average Bonchev–Trinajstić information content (AvgIpc) is 3.59. The summed E-state index contributed by atoms with van der Waals surface area (Å²) in [4.78, 5) is 26.3. The molecule has 2 fully saturated rings. The van der Waals surface area contributed by atoms with Crippen molar-refractivity contribution < 1.29 is 4.79 Å². The Bertz CT molecular complexity index is 1150. The van der Waals surface area contributed by atoms with Gasteiger partial charge in [-0.25, -0.2) is 4.98 Å². The minimum atomic E-state index is 0.244. The van der Waals surface area contributed by atoms with Crippen molar-refractivity contribution in [1.82, 2.24) is 24.8 Å². The zero-order chi connectivity index (χ0) is 23.7. The van der Waals surface area contributed by atoms with E-state index >= 15 is 0 Å². The van der Waals surface area contributed by atoms with E-state index in [1.54, 1.807) is 0 Å². The number of fused-ring (bicyclic) bond motifs is 1. The van der Waals surface area contributed by atoms with Gasteiger partial charge in [-0.3, -0.25) is 4.79 Å². The summed E-state index contributed by atoms with van der Waals surface area (Å²) in [6.07, 6.45) is 7.88. The first kappa shape index (κ1) is 23.1.